The number of halogens is 1. The van der Waals surface area contributed by atoms with E-state index in [1.165, 1.54) is 23.4 Å². The van der Waals surface area contributed by atoms with Gasteiger partial charge in [0.2, 0.25) is 5.91 Å². The molecule has 0 aliphatic carbocycles. The predicted molar refractivity (Wildman–Crippen MR) is 145 cm³/mol. The predicted octanol–water partition coefficient (Wildman–Crippen LogP) is 5.77. The molecule has 2 bridgehead atoms. The molecule has 0 saturated carbocycles. The Hall–Kier alpha value is -1.70. The summed E-state index contributed by atoms with van der Waals surface area (Å²) in [6.45, 7) is 10.3. The zero-order valence-electron chi connectivity index (χ0n) is 22.0. The van der Waals surface area contributed by atoms with Gasteiger partial charge in [0.05, 0.1) is 16.6 Å². The quantitative estimate of drug-likeness (QED) is 0.435. The molecule has 0 spiro atoms. The molecule has 3 aliphatic rings. The zero-order valence-corrected chi connectivity index (χ0v) is 23.6. The average Bonchev–Trinajstić information content (AvgIpc) is 3.47. The maximum absolute atomic E-state index is 12.6. The molecule has 2 saturated heterocycles. The van der Waals surface area contributed by atoms with Crippen molar-refractivity contribution in [2.45, 2.75) is 103 Å². The van der Waals surface area contributed by atoms with Gasteiger partial charge in [-0.1, -0.05) is 25.4 Å². The van der Waals surface area contributed by atoms with Crippen molar-refractivity contribution in [2.24, 2.45) is 5.92 Å². The van der Waals surface area contributed by atoms with Gasteiger partial charge in [-0.2, -0.15) is 0 Å². The van der Waals surface area contributed by atoms with Crippen LogP contribution in [0.4, 0.5) is 0 Å². The number of carbonyl (C=O) groups is 2. The van der Waals surface area contributed by atoms with Gasteiger partial charge in [0, 0.05) is 59.9 Å². The smallest absolute Gasteiger partial charge is 0.225 e. The van der Waals surface area contributed by atoms with Crippen molar-refractivity contribution in [3.05, 3.63) is 38.6 Å². The first kappa shape index (κ1) is 25.9. The molecule has 1 amide bonds. The second kappa shape index (κ2) is 10.6. The Kier molecular flexibility index (Phi) is 7.62. The second-order valence-corrected chi connectivity index (χ2v) is 13.1. The number of aryl methyl sites for hydroxylation is 1. The molecule has 3 atom stereocenters. The Morgan fingerprint density at radius 3 is 2.50 bits per heavy atom. The van der Waals surface area contributed by atoms with Crippen molar-refractivity contribution < 1.29 is 9.59 Å². The first-order valence-electron chi connectivity index (χ1n) is 13.6. The van der Waals surface area contributed by atoms with Gasteiger partial charge in [-0.05, 0) is 64.6 Å². The lowest BCUT2D eigenvalue weighted by molar-refractivity contribution is -0.135. The fraction of sp³-hybridized carbons (Fsp3) is 0.679. The molecular weight excluding hydrogens is 492 g/mol. The van der Waals surface area contributed by atoms with E-state index in [-0.39, 0.29) is 23.5 Å². The minimum atomic E-state index is 0.0292. The van der Waals surface area contributed by atoms with Gasteiger partial charge in [0.15, 0.2) is 0 Å². The molecule has 0 N–H and O–H groups in total. The Morgan fingerprint density at radius 2 is 1.89 bits per heavy atom. The van der Waals surface area contributed by atoms with Gasteiger partial charge in [-0.25, -0.2) is 4.98 Å². The van der Waals surface area contributed by atoms with Crippen molar-refractivity contribution >= 4 is 34.6 Å². The van der Waals surface area contributed by atoms with Crippen molar-refractivity contribution in [2.75, 3.05) is 13.1 Å². The molecule has 0 radical (unpaired) electrons. The highest BCUT2D eigenvalue weighted by molar-refractivity contribution is 7.16. The lowest BCUT2D eigenvalue weighted by atomic mass is 9.93. The van der Waals surface area contributed by atoms with Crippen LogP contribution in [0.25, 0.3) is 0 Å². The molecule has 5 heterocycles. The van der Waals surface area contributed by atoms with E-state index >= 15 is 0 Å². The first-order valence-corrected chi connectivity index (χ1v) is 14.8. The summed E-state index contributed by atoms with van der Waals surface area (Å²) in [5.41, 5.74) is 2.46. The van der Waals surface area contributed by atoms with Crippen LogP contribution < -0.4 is 0 Å². The maximum Gasteiger partial charge on any atom is 0.225 e. The monoisotopic (exact) mass is 530 g/mol. The Morgan fingerprint density at radius 1 is 1.17 bits per heavy atom. The highest BCUT2D eigenvalue weighted by Gasteiger charge is 2.42. The number of amides is 1. The van der Waals surface area contributed by atoms with Crippen molar-refractivity contribution in [3.8, 4) is 0 Å². The van der Waals surface area contributed by atoms with Crippen LogP contribution in [-0.4, -0.2) is 56.2 Å². The van der Waals surface area contributed by atoms with Crippen LogP contribution in [0.15, 0.2) is 12.1 Å². The number of Topliss-reactive ketones (excluding diaryl/α,β-unsaturated/α-hetero) is 1. The van der Waals surface area contributed by atoms with Gasteiger partial charge in [0.25, 0.3) is 0 Å². The van der Waals surface area contributed by atoms with Crippen LogP contribution >= 0.6 is 22.9 Å². The largest absolute Gasteiger partial charge is 0.336 e. The SMILES string of the molecule is CC(=O)C[C@@H](CCN1C2CCC1CC(n1c(C)nc3c1CCN(C(=O)C(C)C)C3)C2)c1ccc(Cl)s1. The summed E-state index contributed by atoms with van der Waals surface area (Å²) in [7, 11) is 0. The van der Waals surface area contributed by atoms with E-state index in [2.05, 4.69) is 22.5 Å². The molecule has 196 valence electrons. The molecule has 0 aromatic carbocycles. The fourth-order valence-electron chi connectivity index (χ4n) is 6.94. The number of aromatic nitrogens is 2. The summed E-state index contributed by atoms with van der Waals surface area (Å²) in [5, 5.41) is 0. The minimum Gasteiger partial charge on any atom is -0.336 e. The van der Waals surface area contributed by atoms with E-state index in [4.69, 9.17) is 16.6 Å². The highest BCUT2D eigenvalue weighted by Crippen LogP contribution is 2.43. The summed E-state index contributed by atoms with van der Waals surface area (Å²) >= 11 is 7.83. The second-order valence-electron chi connectivity index (χ2n) is 11.4. The van der Waals surface area contributed by atoms with E-state index in [1.54, 1.807) is 18.3 Å². The van der Waals surface area contributed by atoms with Gasteiger partial charge < -0.3 is 14.3 Å². The first-order chi connectivity index (χ1) is 17.2. The molecule has 2 unspecified atom stereocenters. The lowest BCUT2D eigenvalue weighted by Crippen LogP contribution is -2.45. The van der Waals surface area contributed by atoms with Gasteiger partial charge in [-0.3, -0.25) is 9.69 Å². The normalized spacial score (nSPS) is 24.8. The molecular formula is C28H39ClN4O2S. The molecule has 2 fully saturated rings. The lowest BCUT2D eigenvalue weighted by Gasteiger charge is -2.41. The van der Waals surface area contributed by atoms with E-state index in [9.17, 15) is 9.59 Å². The van der Waals surface area contributed by atoms with E-state index in [0.29, 0.717) is 31.1 Å². The molecule has 2 aromatic heterocycles. The van der Waals surface area contributed by atoms with E-state index in [0.717, 1.165) is 54.6 Å². The van der Waals surface area contributed by atoms with Gasteiger partial charge in [-0.15, -0.1) is 11.3 Å². The number of fused-ring (bicyclic) bond motifs is 3. The average molecular weight is 531 g/mol. The molecule has 5 rings (SSSR count). The van der Waals surface area contributed by atoms with Crippen LogP contribution in [0.5, 0.6) is 0 Å². The molecule has 36 heavy (non-hydrogen) atoms. The Labute approximate surface area is 224 Å². The van der Waals surface area contributed by atoms with Crippen molar-refractivity contribution in [3.63, 3.8) is 0 Å². The number of carbonyl (C=O) groups excluding carboxylic acids is 2. The third-order valence-corrected chi connectivity index (χ3v) is 9.92. The molecule has 3 aliphatic heterocycles. The molecule has 8 heteroatoms. The zero-order chi connectivity index (χ0) is 25.6. The third kappa shape index (κ3) is 5.16. The number of nitrogens with zero attached hydrogens (tertiary/aromatic N) is 4. The van der Waals surface area contributed by atoms with Crippen LogP contribution in [-0.2, 0) is 22.6 Å². The standard InChI is InChI=1S/C28H39ClN4O2S/c1-17(2)28(35)31-11-10-25-24(16-31)30-19(4)33(25)23-14-21-5-6-22(15-23)32(21)12-9-20(13-18(3)34)26-7-8-27(29)36-26/h7-8,17,20-23H,5-6,9-16H2,1-4H3/t20-,21?,22?,23?/m1/s1. The summed E-state index contributed by atoms with van der Waals surface area (Å²) in [6.07, 6.45) is 7.35. The minimum absolute atomic E-state index is 0.0292. The summed E-state index contributed by atoms with van der Waals surface area (Å²) < 4.78 is 3.33. The number of rotatable bonds is 8. The van der Waals surface area contributed by atoms with Gasteiger partial charge >= 0.3 is 0 Å². The highest BCUT2D eigenvalue weighted by atomic mass is 35.5. The van der Waals surface area contributed by atoms with Crippen LogP contribution in [0.2, 0.25) is 4.34 Å². The Balaban J connectivity index is 1.26. The van der Waals surface area contributed by atoms with E-state index < -0.39 is 0 Å². The maximum atomic E-state index is 12.6. The number of hydrogen-bond acceptors (Lipinski definition) is 5. The number of ketones is 1. The van der Waals surface area contributed by atoms with Crippen LogP contribution in [0.3, 0.4) is 0 Å². The summed E-state index contributed by atoms with van der Waals surface area (Å²) in [5.74, 6) is 1.87. The number of imidazole rings is 1. The third-order valence-electron chi connectivity index (χ3n) is 8.52. The van der Waals surface area contributed by atoms with Crippen molar-refractivity contribution in [1.29, 1.82) is 0 Å². The molecule has 2 aromatic rings. The van der Waals surface area contributed by atoms with Crippen molar-refractivity contribution in [1.82, 2.24) is 19.4 Å². The van der Waals surface area contributed by atoms with Crippen LogP contribution in [0, 0.1) is 12.8 Å². The number of thiophene rings is 1. The number of piperidine rings is 1. The van der Waals surface area contributed by atoms with Gasteiger partial charge in [0.1, 0.15) is 11.6 Å². The topological polar surface area (TPSA) is 58.4 Å². The van der Waals surface area contributed by atoms with Crippen LogP contribution in [0.1, 0.15) is 93.3 Å². The molecule has 6 nitrogen and oxygen atoms in total. The summed E-state index contributed by atoms with van der Waals surface area (Å²) in [4.78, 5) is 35.4. The summed E-state index contributed by atoms with van der Waals surface area (Å²) in [6, 6.07) is 5.74. The van der Waals surface area contributed by atoms with E-state index in [1.807, 2.05) is 24.8 Å². The Bertz CT molecular complexity index is 1110. The fourth-order valence-corrected chi connectivity index (χ4v) is 8.14. The number of hydrogen-bond donors (Lipinski definition) is 0.